The fourth-order valence-corrected chi connectivity index (χ4v) is 7.10. The van der Waals surface area contributed by atoms with Crippen molar-refractivity contribution in [3.05, 3.63) is 185 Å². The third kappa shape index (κ3) is 3.94. The van der Waals surface area contributed by atoms with E-state index in [1.54, 1.807) is 0 Å². The molecule has 0 radical (unpaired) electrons. The number of aromatic nitrogens is 3. The molecule has 0 unspecified atom stereocenters. The first-order valence-electron chi connectivity index (χ1n) is 15.1. The summed E-state index contributed by atoms with van der Waals surface area (Å²) >= 11 is 0. The average Bonchev–Trinajstić information content (AvgIpc) is 3.12. The van der Waals surface area contributed by atoms with Crippen LogP contribution in [0.25, 0.3) is 45.3 Å². The van der Waals surface area contributed by atoms with Crippen molar-refractivity contribution in [2.45, 2.75) is 11.8 Å². The molecule has 3 nitrogen and oxygen atoms in total. The molecule has 7 aromatic rings. The van der Waals surface area contributed by atoms with Crippen LogP contribution in [0.4, 0.5) is 0 Å². The quantitative estimate of drug-likeness (QED) is 0.215. The second-order valence-corrected chi connectivity index (χ2v) is 11.6. The van der Waals surface area contributed by atoms with Crippen LogP contribution in [0.15, 0.2) is 152 Å². The van der Waals surface area contributed by atoms with E-state index in [2.05, 4.69) is 127 Å². The number of benzene rings is 6. The van der Waals surface area contributed by atoms with E-state index in [1.807, 2.05) is 24.3 Å². The van der Waals surface area contributed by atoms with Crippen molar-refractivity contribution >= 4 is 0 Å². The van der Waals surface area contributed by atoms with E-state index in [0.29, 0.717) is 17.5 Å². The zero-order chi connectivity index (χ0) is 29.0. The molecule has 1 heterocycles. The molecule has 2 bridgehead atoms. The van der Waals surface area contributed by atoms with Crippen molar-refractivity contribution < 1.29 is 0 Å². The second-order valence-electron chi connectivity index (χ2n) is 11.6. The van der Waals surface area contributed by atoms with Crippen LogP contribution in [0, 0.1) is 0 Å². The van der Waals surface area contributed by atoms with Gasteiger partial charge in [-0.05, 0) is 50.6 Å². The molecule has 0 aliphatic heterocycles. The Morgan fingerprint density at radius 2 is 0.614 bits per heavy atom. The zero-order valence-corrected chi connectivity index (χ0v) is 23.9. The van der Waals surface area contributed by atoms with Crippen LogP contribution in [0.2, 0.25) is 0 Å². The Labute approximate surface area is 256 Å². The normalized spacial score (nSPS) is 15.7. The van der Waals surface area contributed by atoms with E-state index in [4.69, 9.17) is 15.0 Å². The van der Waals surface area contributed by atoms with Gasteiger partial charge in [0.1, 0.15) is 0 Å². The minimum absolute atomic E-state index is 0.197. The number of hydrogen-bond acceptors (Lipinski definition) is 3. The smallest absolute Gasteiger partial charge is 0.164 e. The van der Waals surface area contributed by atoms with Gasteiger partial charge < -0.3 is 0 Å². The zero-order valence-electron chi connectivity index (χ0n) is 23.9. The van der Waals surface area contributed by atoms with Crippen LogP contribution in [0.1, 0.15) is 45.2 Å². The molecule has 3 aliphatic carbocycles. The second kappa shape index (κ2) is 9.96. The SMILES string of the molecule is c1ccc(-c2ccc(-c3nc(-c4ccccc4)nc(-c4ccc5c(c4)C4c6ccccc6C5c5ccccc54)n3)cc2)cc1. The molecule has 0 saturated heterocycles. The molecule has 0 atom stereocenters. The maximum atomic E-state index is 5.08. The molecule has 0 amide bonds. The van der Waals surface area contributed by atoms with Crippen molar-refractivity contribution in [2.24, 2.45) is 0 Å². The molecule has 0 saturated carbocycles. The summed E-state index contributed by atoms with van der Waals surface area (Å²) in [5.41, 5.74) is 13.7. The average molecular weight is 562 g/mol. The van der Waals surface area contributed by atoms with Gasteiger partial charge >= 0.3 is 0 Å². The summed E-state index contributed by atoms with van der Waals surface area (Å²) in [5, 5.41) is 0. The lowest BCUT2D eigenvalue weighted by molar-refractivity contribution is 0.754. The van der Waals surface area contributed by atoms with Gasteiger partial charge in [0.2, 0.25) is 0 Å². The third-order valence-electron chi connectivity index (χ3n) is 9.12. The summed E-state index contributed by atoms with van der Waals surface area (Å²) in [6.07, 6.45) is 0. The molecule has 6 aromatic carbocycles. The van der Waals surface area contributed by atoms with Crippen molar-refractivity contribution in [3.63, 3.8) is 0 Å². The Morgan fingerprint density at radius 1 is 0.273 bits per heavy atom. The lowest BCUT2D eigenvalue weighted by Gasteiger charge is -2.42. The molecule has 0 fully saturated rings. The van der Waals surface area contributed by atoms with Crippen LogP contribution < -0.4 is 0 Å². The molecule has 206 valence electrons. The minimum Gasteiger partial charge on any atom is -0.208 e. The van der Waals surface area contributed by atoms with Gasteiger partial charge in [-0.1, -0.05) is 146 Å². The summed E-state index contributed by atoms with van der Waals surface area (Å²) in [6, 6.07) is 53.8. The van der Waals surface area contributed by atoms with Crippen LogP contribution in [-0.2, 0) is 0 Å². The topological polar surface area (TPSA) is 38.7 Å². The van der Waals surface area contributed by atoms with Crippen LogP contribution in [0.3, 0.4) is 0 Å². The van der Waals surface area contributed by atoms with Gasteiger partial charge in [0.15, 0.2) is 17.5 Å². The standard InChI is InChI=1S/C41H27N3/c1-3-11-26(12-4-1)27-19-21-29(22-20-27)40-42-39(28-13-5-2-6-14-28)43-41(44-40)30-23-24-35-36(25-30)38-33-17-9-7-15-31(33)37(35)32-16-8-10-18-34(32)38/h1-25,37-38H. The maximum absolute atomic E-state index is 5.08. The fraction of sp³-hybridized carbons (Fsp3) is 0.0488. The first-order valence-corrected chi connectivity index (χ1v) is 15.1. The van der Waals surface area contributed by atoms with Crippen molar-refractivity contribution in [2.75, 3.05) is 0 Å². The number of rotatable bonds is 4. The maximum Gasteiger partial charge on any atom is 0.164 e. The molecule has 3 heteroatoms. The van der Waals surface area contributed by atoms with Crippen LogP contribution in [0.5, 0.6) is 0 Å². The first-order chi connectivity index (χ1) is 21.8. The van der Waals surface area contributed by atoms with Crippen molar-refractivity contribution in [3.8, 4) is 45.3 Å². The Balaban J connectivity index is 1.19. The van der Waals surface area contributed by atoms with Gasteiger partial charge in [-0.2, -0.15) is 0 Å². The van der Waals surface area contributed by atoms with Crippen molar-refractivity contribution in [1.29, 1.82) is 0 Å². The summed E-state index contributed by atoms with van der Waals surface area (Å²) in [4.78, 5) is 15.1. The lowest BCUT2D eigenvalue weighted by atomic mass is 9.61. The van der Waals surface area contributed by atoms with E-state index in [1.165, 1.54) is 38.9 Å². The highest BCUT2D eigenvalue weighted by molar-refractivity contribution is 5.74. The Morgan fingerprint density at radius 3 is 1.16 bits per heavy atom. The van der Waals surface area contributed by atoms with Gasteiger partial charge in [0, 0.05) is 28.5 Å². The molecule has 10 rings (SSSR count). The van der Waals surface area contributed by atoms with Crippen LogP contribution in [-0.4, -0.2) is 15.0 Å². The molecule has 0 N–H and O–H groups in total. The van der Waals surface area contributed by atoms with Crippen LogP contribution >= 0.6 is 0 Å². The first kappa shape index (κ1) is 24.9. The van der Waals surface area contributed by atoms with E-state index in [0.717, 1.165) is 22.3 Å². The number of hydrogen-bond donors (Lipinski definition) is 0. The summed E-state index contributed by atoms with van der Waals surface area (Å²) in [6.45, 7) is 0. The van der Waals surface area contributed by atoms with E-state index >= 15 is 0 Å². The van der Waals surface area contributed by atoms with E-state index in [9.17, 15) is 0 Å². The third-order valence-corrected chi connectivity index (χ3v) is 9.12. The monoisotopic (exact) mass is 561 g/mol. The van der Waals surface area contributed by atoms with Gasteiger partial charge in [-0.3, -0.25) is 0 Å². The summed E-state index contributed by atoms with van der Waals surface area (Å²) in [7, 11) is 0. The van der Waals surface area contributed by atoms with Gasteiger partial charge in [0.05, 0.1) is 0 Å². The van der Waals surface area contributed by atoms with Gasteiger partial charge in [0.25, 0.3) is 0 Å². The predicted molar refractivity (Wildman–Crippen MR) is 176 cm³/mol. The highest BCUT2D eigenvalue weighted by Gasteiger charge is 2.41. The molecule has 44 heavy (non-hydrogen) atoms. The van der Waals surface area contributed by atoms with Gasteiger partial charge in [-0.25, -0.2) is 15.0 Å². The number of nitrogens with zero attached hydrogens (tertiary/aromatic N) is 3. The van der Waals surface area contributed by atoms with Crippen molar-refractivity contribution in [1.82, 2.24) is 15.0 Å². The lowest BCUT2D eigenvalue weighted by Crippen LogP contribution is -2.27. The van der Waals surface area contributed by atoms with E-state index < -0.39 is 0 Å². The van der Waals surface area contributed by atoms with Gasteiger partial charge in [-0.15, -0.1) is 0 Å². The fourth-order valence-electron chi connectivity index (χ4n) is 7.10. The predicted octanol–water partition coefficient (Wildman–Crippen LogP) is 9.53. The highest BCUT2D eigenvalue weighted by atomic mass is 15.0. The molecule has 3 aliphatic rings. The molecule has 1 aromatic heterocycles. The Hall–Kier alpha value is -5.67. The largest absolute Gasteiger partial charge is 0.208 e. The highest BCUT2D eigenvalue weighted by Crippen LogP contribution is 2.56. The Bertz CT molecular complexity index is 2120. The molecule has 0 spiro atoms. The molecular weight excluding hydrogens is 534 g/mol. The minimum atomic E-state index is 0.197. The van der Waals surface area contributed by atoms with E-state index in [-0.39, 0.29) is 11.8 Å². The Kier molecular flexibility index (Phi) is 5.63. The molecular formula is C41H27N3. The summed E-state index contributed by atoms with van der Waals surface area (Å²) < 4.78 is 0. The summed E-state index contributed by atoms with van der Waals surface area (Å²) in [5.74, 6) is 2.47.